The summed E-state index contributed by atoms with van der Waals surface area (Å²) in [4.78, 5) is -0.292. The van der Waals surface area contributed by atoms with Gasteiger partial charge in [0.1, 0.15) is 16.7 Å². The van der Waals surface area contributed by atoms with Gasteiger partial charge in [-0.25, -0.2) is 21.5 Å². The van der Waals surface area contributed by atoms with Crippen LogP contribution >= 0.6 is 0 Å². The molecule has 0 unspecified atom stereocenters. The third-order valence-corrected chi connectivity index (χ3v) is 10.8. The largest absolute Gasteiger partial charge is 0.243 e. The van der Waals surface area contributed by atoms with Crippen LogP contribution in [0, 0.1) is 24.2 Å². The molecule has 0 amide bonds. The highest BCUT2D eigenvalue weighted by atomic mass is 32.2. The Balaban J connectivity index is 1.62. The van der Waals surface area contributed by atoms with Gasteiger partial charge in [-0.15, -0.1) is 0 Å². The molecule has 0 radical (unpaired) electrons. The Morgan fingerprint density at radius 3 is 2.27 bits per heavy atom. The molecule has 1 aliphatic heterocycles. The van der Waals surface area contributed by atoms with Crippen molar-refractivity contribution in [1.29, 1.82) is 5.26 Å². The van der Waals surface area contributed by atoms with E-state index < -0.39 is 24.8 Å². The van der Waals surface area contributed by atoms with Crippen molar-refractivity contribution >= 4 is 25.9 Å². The maximum Gasteiger partial charge on any atom is 0.243 e. The first kappa shape index (κ1) is 28.5. The number of benzene rings is 3. The summed E-state index contributed by atoms with van der Waals surface area (Å²) in [5.41, 5.74) is 2.82. The van der Waals surface area contributed by atoms with Crippen LogP contribution in [-0.2, 0) is 19.9 Å². The number of rotatable bonds is 7. The molecule has 210 valence electrons. The molecule has 0 aliphatic carbocycles. The number of aryl methyl sites for hydroxylation is 1. The lowest BCUT2D eigenvalue weighted by Crippen LogP contribution is -2.37. The summed E-state index contributed by atoms with van der Waals surface area (Å²) < 4.78 is 56.8. The van der Waals surface area contributed by atoms with E-state index in [0.29, 0.717) is 35.8 Å². The van der Waals surface area contributed by atoms with Gasteiger partial charge in [-0.2, -0.15) is 14.7 Å². The summed E-state index contributed by atoms with van der Waals surface area (Å²) in [6, 6.07) is 23.9. The second-order valence-electron chi connectivity index (χ2n) is 10.3. The van der Waals surface area contributed by atoms with Crippen molar-refractivity contribution in [3.8, 4) is 23.0 Å². The van der Waals surface area contributed by atoms with E-state index in [-0.39, 0.29) is 9.79 Å². The number of sulfone groups is 1. The van der Waals surface area contributed by atoms with Gasteiger partial charge in [0, 0.05) is 30.4 Å². The lowest BCUT2D eigenvalue weighted by atomic mass is 10.0. The van der Waals surface area contributed by atoms with E-state index in [0.717, 1.165) is 24.1 Å². The van der Waals surface area contributed by atoms with Crippen molar-refractivity contribution in [3.05, 3.63) is 101 Å². The third kappa shape index (κ3) is 5.88. The highest BCUT2D eigenvalue weighted by Crippen LogP contribution is 2.31. The lowest BCUT2D eigenvalue weighted by molar-refractivity contribution is 0.288. The molecular weight excluding hydrogens is 556 g/mol. The van der Waals surface area contributed by atoms with Crippen LogP contribution in [0.4, 0.5) is 0 Å². The predicted octanol–water partition coefficient (Wildman–Crippen LogP) is 5.61. The number of nitrogens with zero attached hydrogens (tertiary/aromatic N) is 4. The minimum Gasteiger partial charge on any atom is -0.240 e. The maximum atomic E-state index is 13.5. The number of hydrogen-bond donors (Lipinski definition) is 0. The molecule has 0 bridgehead atoms. The van der Waals surface area contributed by atoms with Crippen LogP contribution in [0.5, 0.6) is 0 Å². The smallest absolute Gasteiger partial charge is 0.240 e. The second kappa shape index (κ2) is 11.4. The molecule has 0 spiro atoms. The van der Waals surface area contributed by atoms with Crippen LogP contribution in [0.15, 0.2) is 99.8 Å². The summed E-state index contributed by atoms with van der Waals surface area (Å²) in [6.45, 7) is 4.90. The third-order valence-electron chi connectivity index (χ3n) is 7.27. The van der Waals surface area contributed by atoms with E-state index in [1.165, 1.54) is 22.5 Å². The Labute approximate surface area is 241 Å². The van der Waals surface area contributed by atoms with Crippen LogP contribution in [0.3, 0.4) is 0 Å². The minimum absolute atomic E-state index is 0.0110. The van der Waals surface area contributed by atoms with Gasteiger partial charge in [0.25, 0.3) is 0 Å². The fraction of sp³-hybridized carbons (Fsp3) is 0.226. The molecule has 8 nitrogen and oxygen atoms in total. The van der Waals surface area contributed by atoms with E-state index in [2.05, 4.69) is 6.92 Å². The van der Waals surface area contributed by atoms with Crippen LogP contribution in [0.25, 0.3) is 23.0 Å². The fourth-order valence-corrected chi connectivity index (χ4v) is 7.43. The van der Waals surface area contributed by atoms with Crippen LogP contribution in [-0.4, -0.2) is 44.0 Å². The molecule has 3 aromatic carbocycles. The molecule has 0 saturated carbocycles. The Morgan fingerprint density at radius 2 is 1.61 bits per heavy atom. The number of piperidine rings is 1. The standard InChI is InChI=1S/C31H30N4O4S2/c1-23-11-13-28(14-12-23)40(36,37)30(21-32)20-26-22-35(27-8-4-3-5-9-27)33-31(26)25-7-6-10-29(19-25)41(38,39)34-17-15-24(2)16-18-34/h3-14,19-20,22,24H,15-18H2,1-2H3/b30-20-. The van der Waals surface area contributed by atoms with Crippen LogP contribution < -0.4 is 0 Å². The first-order valence-electron chi connectivity index (χ1n) is 13.3. The second-order valence-corrected chi connectivity index (χ2v) is 14.1. The van der Waals surface area contributed by atoms with Gasteiger partial charge in [-0.1, -0.05) is 55.0 Å². The topological polar surface area (TPSA) is 113 Å². The zero-order valence-electron chi connectivity index (χ0n) is 22.8. The van der Waals surface area contributed by atoms with E-state index in [9.17, 15) is 22.1 Å². The van der Waals surface area contributed by atoms with Gasteiger partial charge in [0.2, 0.25) is 19.9 Å². The van der Waals surface area contributed by atoms with Crippen molar-refractivity contribution in [3.63, 3.8) is 0 Å². The SMILES string of the molecule is Cc1ccc(S(=O)(=O)/C(C#N)=C\c2cn(-c3ccccc3)nc2-c2cccc(S(=O)(=O)N3CCC(C)CC3)c2)cc1. The molecule has 10 heteroatoms. The highest BCUT2D eigenvalue weighted by molar-refractivity contribution is 7.95. The maximum absolute atomic E-state index is 13.5. The number of nitriles is 1. The monoisotopic (exact) mass is 586 g/mol. The Kier molecular flexibility index (Phi) is 7.95. The number of hydrogen-bond acceptors (Lipinski definition) is 6. The Morgan fingerprint density at radius 1 is 0.927 bits per heavy atom. The number of para-hydroxylation sites is 1. The van der Waals surface area contributed by atoms with E-state index in [1.54, 1.807) is 47.3 Å². The van der Waals surface area contributed by atoms with Crippen LogP contribution in [0.2, 0.25) is 0 Å². The Hall–Kier alpha value is -4.04. The number of allylic oxidation sites excluding steroid dienone is 1. The normalized spacial score (nSPS) is 15.5. The van der Waals surface area contributed by atoms with E-state index in [4.69, 9.17) is 5.10 Å². The molecular formula is C31H30N4O4S2. The van der Waals surface area contributed by atoms with E-state index in [1.807, 2.05) is 43.3 Å². The van der Waals surface area contributed by atoms with Crippen molar-refractivity contribution in [1.82, 2.24) is 14.1 Å². The zero-order valence-corrected chi connectivity index (χ0v) is 24.4. The molecule has 2 heterocycles. The minimum atomic E-state index is -4.11. The van der Waals surface area contributed by atoms with Crippen molar-refractivity contribution in [2.24, 2.45) is 5.92 Å². The molecule has 41 heavy (non-hydrogen) atoms. The molecule has 0 atom stereocenters. The molecule has 1 fully saturated rings. The van der Waals surface area contributed by atoms with Crippen LogP contribution in [0.1, 0.15) is 30.9 Å². The van der Waals surface area contributed by atoms with Crippen molar-refractivity contribution < 1.29 is 16.8 Å². The first-order chi connectivity index (χ1) is 19.6. The molecule has 1 aliphatic rings. The average molecular weight is 587 g/mol. The summed E-state index contributed by atoms with van der Waals surface area (Å²) in [5.74, 6) is 0.481. The van der Waals surface area contributed by atoms with Gasteiger partial charge >= 0.3 is 0 Å². The quantitative estimate of drug-likeness (QED) is 0.260. The van der Waals surface area contributed by atoms with E-state index >= 15 is 0 Å². The highest BCUT2D eigenvalue weighted by Gasteiger charge is 2.29. The molecule has 1 saturated heterocycles. The molecule has 5 rings (SSSR count). The summed E-state index contributed by atoms with van der Waals surface area (Å²) in [5, 5.41) is 14.6. The fourth-order valence-electron chi connectivity index (χ4n) is 4.76. The van der Waals surface area contributed by atoms with Gasteiger partial charge in [0.05, 0.1) is 15.5 Å². The zero-order chi connectivity index (χ0) is 29.2. The number of sulfonamides is 1. The van der Waals surface area contributed by atoms with Gasteiger partial charge in [-0.3, -0.25) is 0 Å². The molecule has 0 N–H and O–H groups in total. The van der Waals surface area contributed by atoms with Gasteiger partial charge < -0.3 is 0 Å². The van der Waals surface area contributed by atoms with Gasteiger partial charge in [-0.05, 0) is 68.2 Å². The molecule has 1 aromatic heterocycles. The molecule has 4 aromatic rings. The predicted molar refractivity (Wildman–Crippen MR) is 158 cm³/mol. The first-order valence-corrected chi connectivity index (χ1v) is 16.2. The average Bonchev–Trinajstić information content (AvgIpc) is 3.41. The van der Waals surface area contributed by atoms with Crippen molar-refractivity contribution in [2.75, 3.05) is 13.1 Å². The Bertz CT molecular complexity index is 1850. The summed E-state index contributed by atoms with van der Waals surface area (Å²) >= 11 is 0. The van der Waals surface area contributed by atoms with Crippen molar-refractivity contribution in [2.45, 2.75) is 36.5 Å². The summed E-state index contributed by atoms with van der Waals surface area (Å²) in [7, 11) is -7.84. The van der Waals surface area contributed by atoms with Gasteiger partial charge in [0.15, 0.2) is 0 Å². The lowest BCUT2D eigenvalue weighted by Gasteiger charge is -2.29. The number of aromatic nitrogens is 2. The summed E-state index contributed by atoms with van der Waals surface area (Å²) in [6.07, 6.45) is 4.55.